The van der Waals surface area contributed by atoms with Crippen LogP contribution in [0.25, 0.3) is 23.2 Å². The van der Waals surface area contributed by atoms with Gasteiger partial charge in [-0.2, -0.15) is 0 Å². The van der Waals surface area contributed by atoms with Gasteiger partial charge < -0.3 is 8.98 Å². The average molecular weight is 314 g/mol. The highest BCUT2D eigenvalue weighted by atomic mass is 16.3. The summed E-state index contributed by atoms with van der Waals surface area (Å²) in [5.41, 5.74) is 3.39. The Labute approximate surface area is 140 Å². The molecule has 0 bridgehead atoms. The maximum atomic E-state index is 5.39. The van der Waals surface area contributed by atoms with Crippen molar-refractivity contribution in [2.75, 3.05) is 0 Å². The summed E-state index contributed by atoms with van der Waals surface area (Å²) in [7, 11) is 0. The van der Waals surface area contributed by atoms with Crippen LogP contribution in [0, 0.1) is 0 Å². The molecule has 118 valence electrons. The van der Waals surface area contributed by atoms with E-state index in [1.807, 2.05) is 42.5 Å². The van der Waals surface area contributed by atoms with Crippen molar-refractivity contribution in [1.29, 1.82) is 0 Å². The lowest BCUT2D eigenvalue weighted by molar-refractivity contribution is 0.557. The average Bonchev–Trinajstić information content (AvgIpc) is 3.27. The molecule has 0 radical (unpaired) electrons. The maximum absolute atomic E-state index is 5.39. The largest absolute Gasteiger partial charge is 0.465 e. The number of hydrogen-bond acceptors (Lipinski definition) is 2. The monoisotopic (exact) mass is 314 g/mol. The van der Waals surface area contributed by atoms with Crippen LogP contribution in [-0.2, 0) is 0 Å². The van der Waals surface area contributed by atoms with E-state index in [0.717, 1.165) is 22.6 Å². The van der Waals surface area contributed by atoms with E-state index in [9.17, 15) is 0 Å². The van der Waals surface area contributed by atoms with Gasteiger partial charge in [0.05, 0.1) is 23.3 Å². The molecule has 0 saturated carbocycles. The van der Waals surface area contributed by atoms with Crippen LogP contribution < -0.4 is 0 Å². The van der Waals surface area contributed by atoms with Crippen molar-refractivity contribution in [3.8, 4) is 0 Å². The van der Waals surface area contributed by atoms with Crippen molar-refractivity contribution in [2.45, 2.75) is 13.0 Å². The second-order valence-electron chi connectivity index (χ2n) is 5.76. The Morgan fingerprint density at radius 1 is 0.917 bits per heavy atom. The number of hydrogen-bond donors (Lipinski definition) is 0. The molecule has 0 amide bonds. The van der Waals surface area contributed by atoms with Gasteiger partial charge in [-0.25, -0.2) is 4.98 Å². The summed E-state index contributed by atoms with van der Waals surface area (Å²) in [6.07, 6.45) is 5.64. The van der Waals surface area contributed by atoms with Crippen molar-refractivity contribution in [2.24, 2.45) is 0 Å². The molecule has 2 aromatic heterocycles. The predicted octanol–water partition coefficient (Wildman–Crippen LogP) is 5.41. The summed E-state index contributed by atoms with van der Waals surface area (Å²) >= 11 is 0. The zero-order chi connectivity index (χ0) is 16.4. The molecule has 0 saturated heterocycles. The minimum Gasteiger partial charge on any atom is -0.465 e. The summed E-state index contributed by atoms with van der Waals surface area (Å²) in [6.45, 7) is 2.20. The Kier molecular flexibility index (Phi) is 3.75. The number of aromatic nitrogens is 2. The van der Waals surface area contributed by atoms with Gasteiger partial charge in [0.1, 0.15) is 11.6 Å². The number of nitrogens with zero attached hydrogens (tertiary/aromatic N) is 2. The first-order valence-corrected chi connectivity index (χ1v) is 8.06. The van der Waals surface area contributed by atoms with Gasteiger partial charge in [-0.15, -0.1) is 0 Å². The Morgan fingerprint density at radius 2 is 1.71 bits per heavy atom. The van der Waals surface area contributed by atoms with E-state index in [0.29, 0.717) is 0 Å². The number of furan rings is 1. The summed E-state index contributed by atoms with van der Waals surface area (Å²) in [6, 6.07) is 22.7. The third-order valence-corrected chi connectivity index (χ3v) is 4.23. The van der Waals surface area contributed by atoms with Crippen molar-refractivity contribution in [3.63, 3.8) is 0 Å². The molecule has 4 rings (SSSR count). The molecule has 2 aromatic carbocycles. The van der Waals surface area contributed by atoms with Crippen molar-refractivity contribution in [1.82, 2.24) is 9.55 Å². The van der Waals surface area contributed by atoms with E-state index in [4.69, 9.17) is 9.40 Å². The number of benzene rings is 2. The molecule has 24 heavy (non-hydrogen) atoms. The molecule has 0 aliphatic heterocycles. The van der Waals surface area contributed by atoms with Gasteiger partial charge in [0, 0.05) is 0 Å². The van der Waals surface area contributed by atoms with Crippen LogP contribution in [0.15, 0.2) is 77.4 Å². The van der Waals surface area contributed by atoms with Gasteiger partial charge in [-0.3, -0.25) is 0 Å². The summed E-state index contributed by atoms with van der Waals surface area (Å²) in [5, 5.41) is 0. The SMILES string of the molecule is C[C@H](c1ccccc1)n1c(/C=C/c2ccco2)nc2ccccc21. The van der Waals surface area contributed by atoms with Gasteiger partial charge in [0.15, 0.2) is 0 Å². The van der Waals surface area contributed by atoms with Crippen molar-refractivity contribution < 1.29 is 4.42 Å². The minimum atomic E-state index is 0.190. The normalized spacial score (nSPS) is 12.9. The van der Waals surface area contributed by atoms with Crippen LogP contribution in [0.5, 0.6) is 0 Å². The smallest absolute Gasteiger partial charge is 0.134 e. The first kappa shape index (κ1) is 14.5. The van der Waals surface area contributed by atoms with Crippen LogP contribution in [0.1, 0.15) is 30.1 Å². The Hall–Kier alpha value is -3.07. The molecule has 2 heterocycles. The lowest BCUT2D eigenvalue weighted by Gasteiger charge is -2.17. The second-order valence-corrected chi connectivity index (χ2v) is 5.76. The molecule has 3 heteroatoms. The molecular formula is C21H18N2O. The Bertz CT molecular complexity index is 966. The van der Waals surface area contributed by atoms with Crippen LogP contribution in [0.4, 0.5) is 0 Å². The van der Waals surface area contributed by atoms with E-state index in [1.165, 1.54) is 5.56 Å². The van der Waals surface area contributed by atoms with Gasteiger partial charge in [-0.05, 0) is 48.9 Å². The van der Waals surface area contributed by atoms with E-state index in [2.05, 4.69) is 47.9 Å². The molecule has 0 fully saturated rings. The fraction of sp³-hybridized carbons (Fsp3) is 0.0952. The molecule has 0 unspecified atom stereocenters. The van der Waals surface area contributed by atoms with E-state index < -0.39 is 0 Å². The molecule has 1 atom stereocenters. The highest BCUT2D eigenvalue weighted by molar-refractivity contribution is 5.80. The minimum absolute atomic E-state index is 0.190. The lowest BCUT2D eigenvalue weighted by atomic mass is 10.1. The molecular weight excluding hydrogens is 296 g/mol. The summed E-state index contributed by atoms with van der Waals surface area (Å²) in [5.74, 6) is 1.74. The zero-order valence-corrected chi connectivity index (χ0v) is 13.5. The molecule has 0 aliphatic carbocycles. The predicted molar refractivity (Wildman–Crippen MR) is 97.6 cm³/mol. The first-order chi connectivity index (χ1) is 11.8. The third-order valence-electron chi connectivity index (χ3n) is 4.23. The van der Waals surface area contributed by atoms with E-state index in [1.54, 1.807) is 6.26 Å². The van der Waals surface area contributed by atoms with Crippen LogP contribution in [0.2, 0.25) is 0 Å². The molecule has 3 nitrogen and oxygen atoms in total. The fourth-order valence-corrected chi connectivity index (χ4v) is 3.01. The van der Waals surface area contributed by atoms with Gasteiger partial charge in [0.2, 0.25) is 0 Å². The van der Waals surface area contributed by atoms with Crippen LogP contribution in [-0.4, -0.2) is 9.55 Å². The van der Waals surface area contributed by atoms with Crippen molar-refractivity contribution >= 4 is 23.2 Å². The number of para-hydroxylation sites is 2. The Balaban J connectivity index is 1.84. The molecule has 0 spiro atoms. The maximum Gasteiger partial charge on any atom is 0.134 e. The van der Waals surface area contributed by atoms with Crippen LogP contribution in [0.3, 0.4) is 0 Å². The highest BCUT2D eigenvalue weighted by Crippen LogP contribution is 2.27. The quantitative estimate of drug-likeness (QED) is 0.504. The van der Waals surface area contributed by atoms with Gasteiger partial charge in [0.25, 0.3) is 0 Å². The van der Waals surface area contributed by atoms with Crippen LogP contribution >= 0.6 is 0 Å². The highest BCUT2D eigenvalue weighted by Gasteiger charge is 2.15. The number of fused-ring (bicyclic) bond motifs is 1. The summed E-state index contributed by atoms with van der Waals surface area (Å²) in [4.78, 5) is 4.79. The van der Waals surface area contributed by atoms with Gasteiger partial charge in [-0.1, -0.05) is 42.5 Å². The molecule has 0 N–H and O–H groups in total. The van der Waals surface area contributed by atoms with Gasteiger partial charge >= 0.3 is 0 Å². The summed E-state index contributed by atoms with van der Waals surface area (Å²) < 4.78 is 7.66. The zero-order valence-electron chi connectivity index (χ0n) is 13.5. The number of imidazole rings is 1. The lowest BCUT2D eigenvalue weighted by Crippen LogP contribution is -2.08. The fourth-order valence-electron chi connectivity index (χ4n) is 3.01. The van der Waals surface area contributed by atoms with E-state index in [-0.39, 0.29) is 6.04 Å². The standard InChI is InChI=1S/C21H18N2O/c1-16(17-8-3-2-4-9-17)23-20-12-6-5-11-19(20)22-21(23)14-13-18-10-7-15-24-18/h2-16H,1H3/b14-13+/t16-/m1/s1. The second kappa shape index (κ2) is 6.20. The first-order valence-electron chi connectivity index (χ1n) is 8.06. The molecule has 0 aliphatic rings. The van der Waals surface area contributed by atoms with Crippen molar-refractivity contribution in [3.05, 3.63) is 90.1 Å². The molecule has 4 aromatic rings. The van der Waals surface area contributed by atoms with E-state index >= 15 is 0 Å². The number of rotatable bonds is 4. The topological polar surface area (TPSA) is 31.0 Å². The third kappa shape index (κ3) is 2.65. The Morgan fingerprint density at radius 3 is 2.50 bits per heavy atom.